The van der Waals surface area contributed by atoms with Crippen LogP contribution >= 0.6 is 23.4 Å². The maximum absolute atomic E-state index is 14.7. The maximum Gasteiger partial charge on any atom is 0.311 e. The number of hydrogen-bond donors (Lipinski definition) is 1. The molecule has 0 radical (unpaired) electrons. The van der Waals surface area contributed by atoms with Gasteiger partial charge in [-0.25, -0.2) is 0 Å². The van der Waals surface area contributed by atoms with E-state index in [0.29, 0.717) is 23.6 Å². The highest BCUT2D eigenvalue weighted by Gasteiger charge is 2.77. The van der Waals surface area contributed by atoms with Gasteiger partial charge in [-0.3, -0.25) is 14.4 Å². The molecule has 3 saturated heterocycles. The zero-order valence-electron chi connectivity index (χ0n) is 21.6. The lowest BCUT2D eigenvalue weighted by Crippen LogP contribution is -2.59. The predicted octanol–water partition coefficient (Wildman–Crippen LogP) is 4.00. The molecule has 7 atom stereocenters. The number of halogens is 1. The third kappa shape index (κ3) is 4.21. The Balaban J connectivity index is 1.87. The van der Waals surface area contributed by atoms with Gasteiger partial charge >= 0.3 is 5.97 Å². The first kappa shape index (κ1) is 27.7. The van der Waals surface area contributed by atoms with E-state index in [2.05, 4.69) is 20.1 Å². The third-order valence-corrected chi connectivity index (χ3v) is 10.5. The number of nitrogens with zero attached hydrogens (tertiary/aromatic N) is 2. The van der Waals surface area contributed by atoms with Crippen molar-refractivity contribution in [2.75, 3.05) is 24.7 Å². The standard InChI is InChI=1S/C28H35ClN2O5S/c1-6-12-30(23-16(4)10-9-11-19(23)29)26(34)24-28-17(5)14-20(37-28)21(27(35)36-13-7-2)22(28)25(33)31(24)18(8-3)15-32/h6-7,9-11,17-18,20-22,24,32H,1-2,8,12-15H2,3-5H3/t17?,18-,20-,21+,22-,24?,28?/m0/s1. The topological polar surface area (TPSA) is 87.2 Å². The van der Waals surface area contributed by atoms with Crippen molar-refractivity contribution in [3.63, 3.8) is 0 Å². The van der Waals surface area contributed by atoms with Crippen LogP contribution in [0.3, 0.4) is 0 Å². The first-order valence-corrected chi connectivity index (χ1v) is 14.0. The molecule has 1 aromatic rings. The van der Waals surface area contributed by atoms with Crippen molar-refractivity contribution in [3.05, 3.63) is 54.1 Å². The molecule has 2 amide bonds. The Morgan fingerprint density at radius 2 is 2.11 bits per heavy atom. The number of carbonyl (C=O) groups is 3. The minimum atomic E-state index is -0.875. The van der Waals surface area contributed by atoms with Gasteiger partial charge in [-0.15, -0.1) is 18.3 Å². The summed E-state index contributed by atoms with van der Waals surface area (Å²) in [5.41, 5.74) is 1.40. The van der Waals surface area contributed by atoms with Crippen molar-refractivity contribution in [2.45, 2.75) is 55.7 Å². The molecule has 1 spiro atoms. The zero-order valence-corrected chi connectivity index (χ0v) is 23.1. The number of aliphatic hydroxyl groups excluding tert-OH is 1. The molecule has 37 heavy (non-hydrogen) atoms. The number of anilines is 1. The summed E-state index contributed by atoms with van der Waals surface area (Å²) in [6.07, 6.45) is 4.31. The lowest BCUT2D eigenvalue weighted by Gasteiger charge is -2.42. The van der Waals surface area contributed by atoms with Crippen LogP contribution in [0, 0.1) is 24.7 Å². The Labute approximate surface area is 227 Å². The fourth-order valence-electron chi connectivity index (χ4n) is 6.58. The highest BCUT2D eigenvalue weighted by atomic mass is 35.5. The van der Waals surface area contributed by atoms with E-state index in [-0.39, 0.29) is 42.7 Å². The van der Waals surface area contributed by atoms with Crippen molar-refractivity contribution in [2.24, 2.45) is 17.8 Å². The van der Waals surface area contributed by atoms with Gasteiger partial charge in [0.2, 0.25) is 5.91 Å². The highest BCUT2D eigenvalue weighted by Crippen LogP contribution is 2.69. The summed E-state index contributed by atoms with van der Waals surface area (Å²) >= 11 is 8.17. The second-order valence-corrected chi connectivity index (χ2v) is 12.1. The van der Waals surface area contributed by atoms with Crippen LogP contribution in [0.2, 0.25) is 5.02 Å². The van der Waals surface area contributed by atoms with Gasteiger partial charge in [-0.2, -0.15) is 0 Å². The Morgan fingerprint density at radius 3 is 2.70 bits per heavy atom. The van der Waals surface area contributed by atoms with Crippen molar-refractivity contribution in [3.8, 4) is 0 Å². The Bertz CT molecular complexity index is 1090. The van der Waals surface area contributed by atoms with E-state index in [1.165, 1.54) is 6.08 Å². The summed E-state index contributed by atoms with van der Waals surface area (Å²) < 4.78 is 4.61. The van der Waals surface area contributed by atoms with E-state index in [9.17, 15) is 19.5 Å². The quantitative estimate of drug-likeness (QED) is 0.352. The fraction of sp³-hybridized carbons (Fsp3) is 0.536. The number of ether oxygens (including phenoxy) is 1. The molecule has 0 saturated carbocycles. The SMILES string of the molecule is C=CCOC(=O)[C@@H]1[C@@H]2CC(C)C3(S2)C(C(=O)N(CC=C)c2c(C)cccc2Cl)N([C@@H](CC)CO)C(=O)[C@H]13. The lowest BCUT2D eigenvalue weighted by atomic mass is 9.66. The molecular formula is C28H35ClN2O5S. The molecule has 0 aromatic heterocycles. The first-order valence-electron chi connectivity index (χ1n) is 12.7. The van der Waals surface area contributed by atoms with Gasteiger partial charge in [-0.1, -0.05) is 56.3 Å². The number of aliphatic hydroxyl groups is 1. The Hall–Kier alpha value is -2.29. The zero-order chi connectivity index (χ0) is 27.1. The molecule has 3 fully saturated rings. The molecular weight excluding hydrogens is 512 g/mol. The Kier molecular flexibility index (Phi) is 8.12. The maximum atomic E-state index is 14.7. The van der Waals surface area contributed by atoms with Gasteiger partial charge in [0.05, 0.1) is 39.9 Å². The monoisotopic (exact) mass is 546 g/mol. The minimum absolute atomic E-state index is 0.00650. The van der Waals surface area contributed by atoms with Crippen LogP contribution in [0.4, 0.5) is 5.69 Å². The van der Waals surface area contributed by atoms with E-state index in [1.807, 2.05) is 26.0 Å². The summed E-state index contributed by atoms with van der Waals surface area (Å²) in [6, 6.07) is 4.01. The molecule has 0 aliphatic carbocycles. The lowest BCUT2D eigenvalue weighted by molar-refractivity contribution is -0.154. The minimum Gasteiger partial charge on any atom is -0.461 e. The highest BCUT2D eigenvalue weighted by molar-refractivity contribution is 8.02. The van der Waals surface area contributed by atoms with E-state index >= 15 is 0 Å². The van der Waals surface area contributed by atoms with Gasteiger partial charge in [0.1, 0.15) is 12.6 Å². The van der Waals surface area contributed by atoms with Gasteiger partial charge in [0.15, 0.2) is 0 Å². The number of aryl methyl sites for hydroxylation is 1. The molecule has 200 valence electrons. The summed E-state index contributed by atoms with van der Waals surface area (Å²) in [5.74, 6) is -2.35. The largest absolute Gasteiger partial charge is 0.461 e. The van der Waals surface area contributed by atoms with E-state index in [4.69, 9.17) is 16.3 Å². The normalized spacial score (nSPS) is 30.7. The number of benzene rings is 1. The molecule has 3 aliphatic heterocycles. The van der Waals surface area contributed by atoms with E-state index in [1.54, 1.807) is 33.7 Å². The van der Waals surface area contributed by atoms with Crippen molar-refractivity contribution in [1.82, 2.24) is 4.90 Å². The average molecular weight is 547 g/mol. The van der Waals surface area contributed by atoms with Crippen LogP contribution in [0.1, 0.15) is 32.3 Å². The van der Waals surface area contributed by atoms with Crippen LogP contribution in [0.25, 0.3) is 0 Å². The number of fused-ring (bicyclic) bond motifs is 1. The van der Waals surface area contributed by atoms with Crippen molar-refractivity contribution in [1.29, 1.82) is 0 Å². The van der Waals surface area contributed by atoms with Crippen LogP contribution in [-0.4, -0.2) is 69.6 Å². The average Bonchev–Trinajstić information content (AvgIpc) is 3.46. The molecule has 3 heterocycles. The second kappa shape index (κ2) is 10.8. The van der Waals surface area contributed by atoms with Crippen LogP contribution in [0.15, 0.2) is 43.5 Å². The molecule has 2 bridgehead atoms. The second-order valence-electron chi connectivity index (χ2n) is 10.1. The smallest absolute Gasteiger partial charge is 0.311 e. The summed E-state index contributed by atoms with van der Waals surface area (Å²) in [6.45, 7) is 13.3. The van der Waals surface area contributed by atoms with Crippen LogP contribution in [-0.2, 0) is 19.1 Å². The van der Waals surface area contributed by atoms with Gasteiger partial charge in [0.25, 0.3) is 5.91 Å². The third-order valence-electron chi connectivity index (χ3n) is 8.14. The van der Waals surface area contributed by atoms with Gasteiger partial charge in [-0.05, 0) is 37.3 Å². The summed E-state index contributed by atoms with van der Waals surface area (Å²) in [5, 5.41) is 10.6. The molecule has 4 rings (SSSR count). The van der Waals surface area contributed by atoms with Crippen LogP contribution < -0.4 is 4.90 Å². The molecule has 3 aliphatic rings. The number of likely N-dealkylation sites (tertiary alicyclic amines) is 1. The van der Waals surface area contributed by atoms with Gasteiger partial charge in [0, 0.05) is 11.8 Å². The number of carbonyl (C=O) groups excluding carboxylic acids is 3. The van der Waals surface area contributed by atoms with E-state index < -0.39 is 34.6 Å². The number of hydrogen-bond acceptors (Lipinski definition) is 6. The molecule has 1 aromatic carbocycles. The fourth-order valence-corrected chi connectivity index (χ4v) is 9.30. The van der Waals surface area contributed by atoms with Gasteiger partial charge < -0.3 is 19.6 Å². The first-order chi connectivity index (χ1) is 17.7. The molecule has 1 N–H and O–H groups in total. The number of thioether (sulfide) groups is 1. The molecule has 3 unspecified atom stereocenters. The van der Waals surface area contributed by atoms with Crippen molar-refractivity contribution < 1.29 is 24.2 Å². The van der Waals surface area contributed by atoms with E-state index in [0.717, 1.165) is 5.56 Å². The predicted molar refractivity (Wildman–Crippen MR) is 147 cm³/mol. The van der Waals surface area contributed by atoms with Crippen LogP contribution in [0.5, 0.6) is 0 Å². The summed E-state index contributed by atoms with van der Waals surface area (Å²) in [4.78, 5) is 45.2. The number of amides is 2. The summed E-state index contributed by atoms with van der Waals surface area (Å²) in [7, 11) is 0. The number of para-hydroxylation sites is 1. The Morgan fingerprint density at radius 1 is 1.38 bits per heavy atom. The molecule has 9 heteroatoms. The van der Waals surface area contributed by atoms with Crippen molar-refractivity contribution >= 4 is 46.8 Å². The number of esters is 1. The number of rotatable bonds is 10. The molecule has 7 nitrogen and oxygen atoms in total.